The van der Waals surface area contributed by atoms with Gasteiger partial charge < -0.3 is 19.7 Å². The molecule has 2 rings (SSSR count). The maximum atomic E-state index is 11.7. The number of morpholine rings is 1. The first-order valence-corrected chi connectivity index (χ1v) is 6.25. The molecule has 1 aromatic rings. The van der Waals surface area contributed by atoms with Crippen LogP contribution in [0.15, 0.2) is 12.1 Å². The predicted molar refractivity (Wildman–Crippen MR) is 69.3 cm³/mol. The van der Waals surface area contributed by atoms with Crippen LogP contribution in [0.4, 0.5) is 5.82 Å². The fourth-order valence-corrected chi connectivity index (χ4v) is 1.76. The molecule has 0 aliphatic carbocycles. The van der Waals surface area contributed by atoms with E-state index < -0.39 is 0 Å². The van der Waals surface area contributed by atoms with Gasteiger partial charge in [0.15, 0.2) is 11.5 Å². The van der Waals surface area contributed by atoms with Crippen LogP contribution in [0.5, 0.6) is 0 Å². The molecule has 1 aromatic heterocycles. The smallest absolute Gasteiger partial charge is 0.271 e. The summed E-state index contributed by atoms with van der Waals surface area (Å²) in [5.74, 6) is 0.537. The molecule has 0 saturated carbocycles. The highest BCUT2D eigenvalue weighted by Gasteiger charge is 2.14. The molecule has 19 heavy (non-hydrogen) atoms. The van der Waals surface area contributed by atoms with Crippen molar-refractivity contribution >= 4 is 11.7 Å². The van der Waals surface area contributed by atoms with Gasteiger partial charge in [-0.25, -0.2) is 0 Å². The number of ether oxygens (including phenoxy) is 2. The third-order valence-corrected chi connectivity index (χ3v) is 2.81. The van der Waals surface area contributed by atoms with E-state index in [9.17, 15) is 4.79 Å². The number of aromatic nitrogens is 2. The Morgan fingerprint density at radius 1 is 1.42 bits per heavy atom. The normalized spacial score (nSPS) is 15.3. The second-order valence-corrected chi connectivity index (χ2v) is 4.12. The van der Waals surface area contributed by atoms with Gasteiger partial charge in [-0.05, 0) is 12.1 Å². The molecule has 1 aliphatic heterocycles. The van der Waals surface area contributed by atoms with E-state index >= 15 is 0 Å². The summed E-state index contributed by atoms with van der Waals surface area (Å²) in [6.07, 6.45) is 0. The molecule has 7 nitrogen and oxygen atoms in total. The number of anilines is 1. The lowest BCUT2D eigenvalue weighted by Gasteiger charge is -2.27. The Hall–Kier alpha value is -1.73. The van der Waals surface area contributed by atoms with Crippen molar-refractivity contribution in [1.29, 1.82) is 0 Å². The SMILES string of the molecule is COCCNC(=O)c1ccc(N2CCOCC2)nn1. The van der Waals surface area contributed by atoms with Gasteiger partial charge in [-0.2, -0.15) is 0 Å². The van der Waals surface area contributed by atoms with Gasteiger partial charge in [0, 0.05) is 26.7 Å². The molecule has 0 spiro atoms. The summed E-state index contributed by atoms with van der Waals surface area (Å²) in [6, 6.07) is 3.49. The van der Waals surface area contributed by atoms with E-state index in [1.165, 1.54) is 0 Å². The highest BCUT2D eigenvalue weighted by Crippen LogP contribution is 2.11. The standard InChI is InChI=1S/C12H18N4O3/c1-18-7-4-13-12(17)10-2-3-11(15-14-10)16-5-8-19-9-6-16/h2-3H,4-9H2,1H3,(H,13,17). The maximum Gasteiger partial charge on any atom is 0.271 e. The van der Waals surface area contributed by atoms with Crippen molar-refractivity contribution in [2.45, 2.75) is 0 Å². The Labute approximate surface area is 111 Å². The monoisotopic (exact) mass is 266 g/mol. The molecule has 1 N–H and O–H groups in total. The van der Waals surface area contributed by atoms with Crippen molar-refractivity contribution in [2.75, 3.05) is 51.5 Å². The first kappa shape index (κ1) is 13.7. The molecule has 0 bridgehead atoms. The molecule has 0 aromatic carbocycles. The van der Waals surface area contributed by atoms with Gasteiger partial charge >= 0.3 is 0 Å². The van der Waals surface area contributed by atoms with E-state index in [0.29, 0.717) is 32.1 Å². The van der Waals surface area contributed by atoms with Crippen LogP contribution in [0.25, 0.3) is 0 Å². The second kappa shape index (κ2) is 7.01. The highest BCUT2D eigenvalue weighted by molar-refractivity contribution is 5.92. The molecule has 1 fully saturated rings. The van der Waals surface area contributed by atoms with Crippen molar-refractivity contribution in [3.05, 3.63) is 17.8 Å². The van der Waals surface area contributed by atoms with E-state index in [1.807, 2.05) is 6.07 Å². The van der Waals surface area contributed by atoms with Gasteiger partial charge in [-0.15, -0.1) is 10.2 Å². The lowest BCUT2D eigenvalue weighted by Crippen LogP contribution is -2.37. The molecule has 7 heteroatoms. The first-order valence-electron chi connectivity index (χ1n) is 6.25. The zero-order valence-electron chi connectivity index (χ0n) is 11.0. The number of rotatable bonds is 5. The van der Waals surface area contributed by atoms with Crippen LogP contribution in [0, 0.1) is 0 Å². The Morgan fingerprint density at radius 2 is 2.21 bits per heavy atom. The Morgan fingerprint density at radius 3 is 2.84 bits per heavy atom. The van der Waals surface area contributed by atoms with E-state index in [4.69, 9.17) is 9.47 Å². The van der Waals surface area contributed by atoms with Gasteiger partial charge in [0.2, 0.25) is 0 Å². The fraction of sp³-hybridized carbons (Fsp3) is 0.583. The molecule has 1 aliphatic rings. The second-order valence-electron chi connectivity index (χ2n) is 4.12. The molecular formula is C12H18N4O3. The average molecular weight is 266 g/mol. The number of hydrogen-bond donors (Lipinski definition) is 1. The number of amides is 1. The van der Waals surface area contributed by atoms with Crippen LogP contribution < -0.4 is 10.2 Å². The molecule has 2 heterocycles. The number of nitrogens with one attached hydrogen (secondary N) is 1. The van der Waals surface area contributed by atoms with Gasteiger partial charge in [-0.3, -0.25) is 4.79 Å². The number of carbonyl (C=O) groups is 1. The maximum absolute atomic E-state index is 11.7. The molecule has 0 atom stereocenters. The third-order valence-electron chi connectivity index (χ3n) is 2.81. The Balaban J connectivity index is 1.91. The highest BCUT2D eigenvalue weighted by atomic mass is 16.5. The zero-order chi connectivity index (χ0) is 13.5. The van der Waals surface area contributed by atoms with Crippen molar-refractivity contribution in [2.24, 2.45) is 0 Å². The van der Waals surface area contributed by atoms with Crippen LogP contribution in [0.2, 0.25) is 0 Å². The first-order chi connectivity index (χ1) is 9.31. The number of carbonyl (C=O) groups excluding carboxylic acids is 1. The van der Waals surface area contributed by atoms with Crippen molar-refractivity contribution in [3.8, 4) is 0 Å². The summed E-state index contributed by atoms with van der Waals surface area (Å²) in [5, 5.41) is 10.7. The third kappa shape index (κ3) is 3.87. The summed E-state index contributed by atoms with van der Waals surface area (Å²) in [6.45, 7) is 3.93. The summed E-state index contributed by atoms with van der Waals surface area (Å²) >= 11 is 0. The van der Waals surface area contributed by atoms with Crippen LogP contribution >= 0.6 is 0 Å². The van der Waals surface area contributed by atoms with E-state index in [1.54, 1.807) is 13.2 Å². The Bertz CT molecular complexity index is 404. The predicted octanol–water partition coefficient (Wildman–Crippen LogP) is -0.311. The Kier molecular flexibility index (Phi) is 5.05. The van der Waals surface area contributed by atoms with E-state index in [0.717, 1.165) is 18.9 Å². The van der Waals surface area contributed by atoms with Crippen molar-refractivity contribution in [3.63, 3.8) is 0 Å². The lowest BCUT2D eigenvalue weighted by atomic mass is 10.3. The molecule has 0 radical (unpaired) electrons. The molecule has 104 valence electrons. The minimum Gasteiger partial charge on any atom is -0.383 e. The van der Waals surface area contributed by atoms with Crippen LogP contribution in [0.3, 0.4) is 0 Å². The molecule has 1 saturated heterocycles. The minimum atomic E-state index is -0.238. The topological polar surface area (TPSA) is 76.6 Å². The van der Waals surface area contributed by atoms with Crippen LogP contribution in [0.1, 0.15) is 10.5 Å². The zero-order valence-corrected chi connectivity index (χ0v) is 11.0. The van der Waals surface area contributed by atoms with Crippen molar-refractivity contribution in [1.82, 2.24) is 15.5 Å². The van der Waals surface area contributed by atoms with Gasteiger partial charge in [0.05, 0.1) is 19.8 Å². The van der Waals surface area contributed by atoms with Crippen LogP contribution in [-0.2, 0) is 9.47 Å². The van der Waals surface area contributed by atoms with Gasteiger partial charge in [0.25, 0.3) is 5.91 Å². The van der Waals surface area contributed by atoms with Crippen LogP contribution in [-0.4, -0.2) is 62.7 Å². The molecule has 1 amide bonds. The fourth-order valence-electron chi connectivity index (χ4n) is 1.76. The summed E-state index contributed by atoms with van der Waals surface area (Å²) in [7, 11) is 1.59. The average Bonchev–Trinajstić information content (AvgIpc) is 2.48. The van der Waals surface area contributed by atoms with Gasteiger partial charge in [0.1, 0.15) is 0 Å². The lowest BCUT2D eigenvalue weighted by molar-refractivity contribution is 0.0931. The van der Waals surface area contributed by atoms with Gasteiger partial charge in [-0.1, -0.05) is 0 Å². The number of nitrogens with zero attached hydrogens (tertiary/aromatic N) is 3. The van der Waals surface area contributed by atoms with Crippen molar-refractivity contribution < 1.29 is 14.3 Å². The number of methoxy groups -OCH3 is 1. The quantitative estimate of drug-likeness (QED) is 0.737. The summed E-state index contributed by atoms with van der Waals surface area (Å²) < 4.78 is 10.1. The molecule has 0 unspecified atom stereocenters. The number of hydrogen-bond acceptors (Lipinski definition) is 6. The summed E-state index contributed by atoms with van der Waals surface area (Å²) in [5.41, 5.74) is 0.313. The van der Waals surface area contributed by atoms with E-state index in [-0.39, 0.29) is 5.91 Å². The molecular weight excluding hydrogens is 248 g/mol. The van der Waals surface area contributed by atoms with E-state index in [2.05, 4.69) is 20.4 Å². The largest absolute Gasteiger partial charge is 0.383 e. The summed E-state index contributed by atoms with van der Waals surface area (Å²) in [4.78, 5) is 13.8. The minimum absolute atomic E-state index is 0.238.